The molecule has 1 aliphatic carbocycles. The van der Waals surface area contributed by atoms with Gasteiger partial charge in [0.15, 0.2) is 8.32 Å². The number of carbonyl (C=O) groups is 2. The van der Waals surface area contributed by atoms with Crippen molar-refractivity contribution in [2.75, 3.05) is 0 Å². The molecule has 4 nitrogen and oxygen atoms in total. The lowest BCUT2D eigenvalue weighted by atomic mass is 9.97. The third-order valence-corrected chi connectivity index (χ3v) is 9.97. The smallest absolute Gasteiger partial charge is 0.306 e. The largest absolute Gasteiger partial charge is 0.462 e. The molecule has 124 valence electrons. The van der Waals surface area contributed by atoms with Gasteiger partial charge in [0.2, 0.25) is 0 Å². The number of fused-ring (bicyclic) bond motifs is 1. The molecule has 0 bridgehead atoms. The van der Waals surface area contributed by atoms with Crippen molar-refractivity contribution in [3.63, 3.8) is 0 Å². The summed E-state index contributed by atoms with van der Waals surface area (Å²) in [5, 5.41) is 0. The second kappa shape index (κ2) is 7.09. The Morgan fingerprint density at radius 1 is 1.32 bits per heavy atom. The van der Waals surface area contributed by atoms with E-state index >= 15 is 0 Å². The van der Waals surface area contributed by atoms with E-state index in [1.54, 1.807) is 6.92 Å². The second-order valence-corrected chi connectivity index (χ2v) is 11.3. The van der Waals surface area contributed by atoms with Crippen LogP contribution in [0.2, 0.25) is 18.1 Å². The molecule has 0 unspecified atom stereocenters. The summed E-state index contributed by atoms with van der Waals surface area (Å²) in [6.07, 6.45) is 3.61. The van der Waals surface area contributed by atoms with E-state index in [-0.39, 0.29) is 29.9 Å². The highest BCUT2D eigenvalue weighted by atomic mass is 28.4. The Bertz CT molecular complexity index is 459. The van der Waals surface area contributed by atoms with Gasteiger partial charge in [-0.05, 0) is 30.6 Å². The first-order valence-corrected chi connectivity index (χ1v) is 11.0. The molecule has 0 aromatic heterocycles. The summed E-state index contributed by atoms with van der Waals surface area (Å²) >= 11 is 0. The van der Waals surface area contributed by atoms with Gasteiger partial charge in [-0.15, -0.1) is 0 Å². The maximum Gasteiger partial charge on any atom is 0.306 e. The number of ether oxygens (including phenoxy) is 1. The molecule has 0 radical (unpaired) electrons. The summed E-state index contributed by atoms with van der Waals surface area (Å²) < 4.78 is 12.1. The van der Waals surface area contributed by atoms with Gasteiger partial charge in [0, 0.05) is 18.8 Å². The number of allylic oxidation sites excluding steroid dienone is 1. The Morgan fingerprint density at radius 3 is 2.50 bits per heavy atom. The minimum absolute atomic E-state index is 0.0361. The van der Waals surface area contributed by atoms with Crippen LogP contribution in [-0.2, 0) is 18.8 Å². The van der Waals surface area contributed by atoms with E-state index in [4.69, 9.17) is 9.16 Å². The highest BCUT2D eigenvalue weighted by molar-refractivity contribution is 6.73. The van der Waals surface area contributed by atoms with Gasteiger partial charge in [-0.25, -0.2) is 0 Å². The van der Waals surface area contributed by atoms with Gasteiger partial charge in [-0.1, -0.05) is 26.8 Å². The minimum atomic E-state index is -1.71. The topological polar surface area (TPSA) is 52.6 Å². The van der Waals surface area contributed by atoms with Crippen LogP contribution >= 0.6 is 0 Å². The lowest BCUT2D eigenvalue weighted by Gasteiger charge is -2.32. The highest BCUT2D eigenvalue weighted by Gasteiger charge is 2.48. The van der Waals surface area contributed by atoms with E-state index in [1.807, 2.05) is 6.08 Å². The summed E-state index contributed by atoms with van der Waals surface area (Å²) in [6.45, 7) is 8.24. The molecular weight excluding hydrogens is 296 g/mol. The molecule has 2 fully saturated rings. The average Bonchev–Trinajstić information content (AvgIpc) is 2.98. The van der Waals surface area contributed by atoms with Crippen molar-refractivity contribution < 1.29 is 18.8 Å². The second-order valence-electron chi connectivity index (χ2n) is 6.54. The van der Waals surface area contributed by atoms with Crippen LogP contribution in [0.3, 0.4) is 0 Å². The normalized spacial score (nSPS) is 29.7. The molecule has 0 aromatic rings. The molecule has 5 heteroatoms. The summed E-state index contributed by atoms with van der Waals surface area (Å²) in [5.74, 6) is 0.145. The number of carbonyl (C=O) groups excluding carboxylic acids is 2. The fraction of sp³-hybridized carbons (Fsp3) is 0.765. The standard InChI is InChI=1S/C17H28O4Si/c1-5-22(6-2,7-3)21-16-11-15-14(10-17(19)20-15)13(16)9-8-12(4)18/h9,14-16H,5-8,10-11H2,1-4H3/t14-,15+,16-/m1/s1. The van der Waals surface area contributed by atoms with Crippen LogP contribution in [0.15, 0.2) is 11.6 Å². The Hall–Kier alpha value is -0.943. The van der Waals surface area contributed by atoms with E-state index in [9.17, 15) is 9.59 Å². The molecule has 1 aliphatic heterocycles. The molecule has 1 heterocycles. The number of rotatable bonds is 7. The molecule has 1 saturated carbocycles. The summed E-state index contributed by atoms with van der Waals surface area (Å²) in [6, 6.07) is 3.31. The molecule has 2 aliphatic rings. The van der Waals surface area contributed by atoms with Gasteiger partial charge < -0.3 is 9.16 Å². The van der Waals surface area contributed by atoms with Gasteiger partial charge in [0.05, 0.1) is 12.5 Å². The van der Waals surface area contributed by atoms with Crippen molar-refractivity contribution in [2.24, 2.45) is 5.92 Å². The first-order valence-electron chi connectivity index (χ1n) is 8.51. The molecule has 0 amide bonds. The molecular formula is C17H28O4Si. The third-order valence-electron chi connectivity index (χ3n) is 5.31. The zero-order valence-corrected chi connectivity index (χ0v) is 15.2. The van der Waals surface area contributed by atoms with Crippen LogP contribution in [0.4, 0.5) is 0 Å². The molecule has 0 spiro atoms. The van der Waals surface area contributed by atoms with E-state index in [0.717, 1.165) is 30.1 Å². The Morgan fingerprint density at radius 2 is 1.95 bits per heavy atom. The minimum Gasteiger partial charge on any atom is -0.462 e. The third kappa shape index (κ3) is 3.51. The van der Waals surface area contributed by atoms with E-state index in [0.29, 0.717) is 12.8 Å². The molecule has 0 N–H and O–H groups in total. The molecule has 2 rings (SSSR count). The van der Waals surface area contributed by atoms with Gasteiger partial charge >= 0.3 is 5.97 Å². The van der Waals surface area contributed by atoms with Gasteiger partial charge in [0.1, 0.15) is 11.9 Å². The number of Topliss-reactive ketones (excluding diaryl/α,β-unsaturated/α-hetero) is 1. The Balaban J connectivity index is 2.20. The van der Waals surface area contributed by atoms with Crippen molar-refractivity contribution in [1.29, 1.82) is 0 Å². The van der Waals surface area contributed by atoms with Crippen LogP contribution in [0.1, 0.15) is 47.0 Å². The maximum atomic E-state index is 11.6. The number of esters is 1. The van der Waals surface area contributed by atoms with E-state index in [1.165, 1.54) is 0 Å². The zero-order valence-electron chi connectivity index (χ0n) is 14.2. The van der Waals surface area contributed by atoms with Gasteiger partial charge in [-0.3, -0.25) is 9.59 Å². The Labute approximate surface area is 134 Å². The van der Waals surface area contributed by atoms with Gasteiger partial charge in [-0.2, -0.15) is 0 Å². The fourth-order valence-corrected chi connectivity index (χ4v) is 6.54. The predicted octanol–water partition coefficient (Wildman–Crippen LogP) is 3.62. The van der Waals surface area contributed by atoms with Crippen molar-refractivity contribution in [3.05, 3.63) is 11.6 Å². The van der Waals surface area contributed by atoms with E-state index in [2.05, 4.69) is 20.8 Å². The monoisotopic (exact) mass is 324 g/mol. The molecule has 0 aromatic carbocycles. The highest BCUT2D eigenvalue weighted by Crippen LogP contribution is 2.44. The molecule has 3 atom stereocenters. The quantitative estimate of drug-likeness (QED) is 0.408. The average molecular weight is 324 g/mol. The molecule has 1 saturated heterocycles. The van der Waals surface area contributed by atoms with Crippen molar-refractivity contribution in [2.45, 2.75) is 77.3 Å². The van der Waals surface area contributed by atoms with Crippen molar-refractivity contribution in [1.82, 2.24) is 0 Å². The fourth-order valence-electron chi connectivity index (χ4n) is 3.70. The van der Waals surface area contributed by atoms with E-state index < -0.39 is 8.32 Å². The maximum absolute atomic E-state index is 11.6. The molecule has 22 heavy (non-hydrogen) atoms. The van der Waals surface area contributed by atoms with Crippen LogP contribution in [0.25, 0.3) is 0 Å². The van der Waals surface area contributed by atoms with Crippen molar-refractivity contribution >= 4 is 20.1 Å². The first kappa shape index (κ1) is 17.4. The number of hydrogen-bond donors (Lipinski definition) is 0. The van der Waals surface area contributed by atoms with Crippen LogP contribution in [0.5, 0.6) is 0 Å². The Kier molecular flexibility index (Phi) is 5.61. The summed E-state index contributed by atoms with van der Waals surface area (Å²) in [5.41, 5.74) is 1.14. The SMILES string of the molecule is CC[Si](CC)(CC)O[C@@H]1C[C@@H]2OC(=O)C[C@@H]2C1=CCC(C)=O. The summed E-state index contributed by atoms with van der Waals surface area (Å²) in [4.78, 5) is 22.9. The van der Waals surface area contributed by atoms with Crippen molar-refractivity contribution in [3.8, 4) is 0 Å². The first-order chi connectivity index (χ1) is 10.4. The lowest BCUT2D eigenvalue weighted by Crippen LogP contribution is -2.40. The van der Waals surface area contributed by atoms with Crippen LogP contribution in [0, 0.1) is 5.92 Å². The lowest BCUT2D eigenvalue weighted by molar-refractivity contribution is -0.141. The van der Waals surface area contributed by atoms with Gasteiger partial charge in [0.25, 0.3) is 0 Å². The number of hydrogen-bond acceptors (Lipinski definition) is 4. The van der Waals surface area contributed by atoms with Crippen LogP contribution < -0.4 is 0 Å². The predicted molar refractivity (Wildman–Crippen MR) is 88.1 cm³/mol. The zero-order chi connectivity index (χ0) is 16.3. The van der Waals surface area contributed by atoms with Crippen LogP contribution in [-0.4, -0.2) is 32.3 Å². The number of ketones is 1. The summed E-state index contributed by atoms with van der Waals surface area (Å²) in [7, 11) is -1.71.